The van der Waals surface area contributed by atoms with Crippen LogP contribution in [0.4, 0.5) is 10.5 Å². The van der Waals surface area contributed by atoms with Crippen LogP contribution in [-0.4, -0.2) is 23.1 Å². The van der Waals surface area contributed by atoms with E-state index < -0.39 is 5.97 Å². The van der Waals surface area contributed by atoms with Crippen LogP contribution in [0, 0.1) is 12.8 Å². The highest BCUT2D eigenvalue weighted by Gasteiger charge is 2.14. The van der Waals surface area contributed by atoms with Gasteiger partial charge in [-0.2, -0.15) is 0 Å². The molecule has 0 saturated carbocycles. The van der Waals surface area contributed by atoms with Crippen LogP contribution in [0.2, 0.25) is 0 Å². The first kappa shape index (κ1) is 16.0. The monoisotopic (exact) mass is 278 g/mol. The number of benzene rings is 1. The Morgan fingerprint density at radius 2 is 1.95 bits per heavy atom. The second-order valence-electron chi connectivity index (χ2n) is 5.19. The van der Waals surface area contributed by atoms with Crippen molar-refractivity contribution < 1.29 is 14.7 Å². The van der Waals surface area contributed by atoms with E-state index in [-0.39, 0.29) is 17.6 Å². The number of carboxylic acid groups (broad SMARTS) is 1. The number of rotatable bonds is 5. The zero-order valence-corrected chi connectivity index (χ0v) is 12.4. The van der Waals surface area contributed by atoms with E-state index in [4.69, 9.17) is 5.11 Å². The summed E-state index contributed by atoms with van der Waals surface area (Å²) in [4.78, 5) is 22.8. The summed E-state index contributed by atoms with van der Waals surface area (Å²) in [5, 5.41) is 14.6. The van der Waals surface area contributed by atoms with Crippen molar-refractivity contribution in [1.29, 1.82) is 0 Å². The fourth-order valence-electron chi connectivity index (χ4n) is 2.00. The van der Waals surface area contributed by atoms with Gasteiger partial charge >= 0.3 is 12.0 Å². The quantitative estimate of drug-likeness (QED) is 0.773. The van der Waals surface area contributed by atoms with Crippen molar-refractivity contribution in [2.45, 2.75) is 40.2 Å². The van der Waals surface area contributed by atoms with Crippen molar-refractivity contribution in [2.24, 2.45) is 5.92 Å². The van der Waals surface area contributed by atoms with Crippen LogP contribution in [0.25, 0.3) is 0 Å². The summed E-state index contributed by atoms with van der Waals surface area (Å²) >= 11 is 0. The van der Waals surface area contributed by atoms with E-state index in [0.29, 0.717) is 11.6 Å². The minimum absolute atomic E-state index is 0.119. The lowest BCUT2D eigenvalue weighted by Gasteiger charge is -2.21. The van der Waals surface area contributed by atoms with E-state index in [1.165, 1.54) is 12.1 Å². The van der Waals surface area contributed by atoms with Gasteiger partial charge in [-0.1, -0.05) is 20.8 Å². The smallest absolute Gasteiger partial charge is 0.335 e. The molecule has 0 fully saturated rings. The lowest BCUT2D eigenvalue weighted by atomic mass is 10.0. The zero-order valence-electron chi connectivity index (χ0n) is 12.4. The van der Waals surface area contributed by atoms with Gasteiger partial charge in [0.15, 0.2) is 0 Å². The third-order valence-electron chi connectivity index (χ3n) is 3.28. The fraction of sp³-hybridized carbons (Fsp3) is 0.467. The number of urea groups is 1. The van der Waals surface area contributed by atoms with Gasteiger partial charge in [-0.25, -0.2) is 9.59 Å². The Balaban J connectivity index is 2.73. The normalized spacial score (nSPS) is 12.1. The Labute approximate surface area is 119 Å². The average molecular weight is 278 g/mol. The average Bonchev–Trinajstić information content (AvgIpc) is 2.37. The number of carbonyl (C=O) groups is 2. The predicted molar refractivity (Wildman–Crippen MR) is 79.2 cm³/mol. The first-order valence-corrected chi connectivity index (χ1v) is 6.76. The van der Waals surface area contributed by atoms with Gasteiger partial charge in [0.05, 0.1) is 5.56 Å². The molecule has 0 radical (unpaired) electrons. The minimum atomic E-state index is -0.977. The Morgan fingerprint density at radius 1 is 1.30 bits per heavy atom. The van der Waals surface area contributed by atoms with Crippen LogP contribution < -0.4 is 10.6 Å². The van der Waals surface area contributed by atoms with Gasteiger partial charge in [0, 0.05) is 11.7 Å². The van der Waals surface area contributed by atoms with Crippen molar-refractivity contribution in [2.75, 3.05) is 5.32 Å². The predicted octanol–water partition coefficient (Wildman–Crippen LogP) is 3.25. The molecule has 0 aromatic heterocycles. The summed E-state index contributed by atoms with van der Waals surface area (Å²) in [6.45, 7) is 7.91. The van der Waals surface area contributed by atoms with Gasteiger partial charge in [-0.05, 0) is 43.0 Å². The second kappa shape index (κ2) is 6.93. The van der Waals surface area contributed by atoms with Crippen LogP contribution >= 0.6 is 0 Å². The van der Waals surface area contributed by atoms with E-state index >= 15 is 0 Å². The summed E-state index contributed by atoms with van der Waals surface area (Å²) in [6.07, 6.45) is 0.863. The molecule has 0 bridgehead atoms. The Morgan fingerprint density at radius 3 is 2.40 bits per heavy atom. The van der Waals surface area contributed by atoms with Crippen LogP contribution in [0.3, 0.4) is 0 Å². The first-order chi connectivity index (χ1) is 9.35. The van der Waals surface area contributed by atoms with Crippen LogP contribution in [-0.2, 0) is 0 Å². The van der Waals surface area contributed by atoms with Crippen molar-refractivity contribution in [3.63, 3.8) is 0 Å². The molecule has 0 spiro atoms. The molecule has 5 heteroatoms. The van der Waals surface area contributed by atoms with E-state index in [1.54, 1.807) is 13.0 Å². The highest BCUT2D eigenvalue weighted by Crippen LogP contribution is 2.16. The first-order valence-electron chi connectivity index (χ1n) is 6.76. The molecule has 0 aliphatic rings. The summed E-state index contributed by atoms with van der Waals surface area (Å²) in [7, 11) is 0. The Kier molecular flexibility index (Phi) is 5.55. The number of carbonyl (C=O) groups excluding carboxylic acids is 1. The lowest BCUT2D eigenvalue weighted by Crippen LogP contribution is -2.40. The summed E-state index contributed by atoms with van der Waals surface area (Å²) in [5.41, 5.74) is 1.55. The van der Waals surface area contributed by atoms with Gasteiger partial charge in [-0.3, -0.25) is 0 Å². The molecular formula is C15H22N2O3. The number of hydrogen-bond donors (Lipinski definition) is 3. The molecule has 0 heterocycles. The maximum Gasteiger partial charge on any atom is 0.335 e. The maximum absolute atomic E-state index is 11.9. The molecule has 110 valence electrons. The van der Waals surface area contributed by atoms with E-state index in [1.807, 2.05) is 6.92 Å². The molecule has 0 saturated heterocycles. The summed E-state index contributed by atoms with van der Waals surface area (Å²) in [5.74, 6) is -0.615. The second-order valence-corrected chi connectivity index (χ2v) is 5.19. The molecular weight excluding hydrogens is 256 g/mol. The van der Waals surface area contributed by atoms with Gasteiger partial charge in [-0.15, -0.1) is 0 Å². The number of carboxylic acids is 1. The molecule has 0 aliphatic carbocycles. The van der Waals surface area contributed by atoms with Gasteiger partial charge in [0.25, 0.3) is 0 Å². The molecule has 1 aromatic rings. The standard InChI is InChI=1S/C15H22N2O3/c1-5-12(9(2)3)16-15(20)17-13-7-6-11(14(18)19)8-10(13)4/h6-9,12H,5H2,1-4H3,(H,18,19)(H2,16,17,20). The topological polar surface area (TPSA) is 78.4 Å². The molecule has 3 N–H and O–H groups in total. The maximum atomic E-state index is 11.9. The minimum Gasteiger partial charge on any atom is -0.478 e. The molecule has 1 aromatic carbocycles. The molecule has 1 atom stereocenters. The van der Waals surface area contributed by atoms with Crippen LogP contribution in [0.1, 0.15) is 43.1 Å². The number of hydrogen-bond acceptors (Lipinski definition) is 2. The summed E-state index contributed by atoms with van der Waals surface area (Å²) in [6, 6.07) is 4.47. The molecule has 5 nitrogen and oxygen atoms in total. The zero-order chi connectivity index (χ0) is 15.3. The van der Waals surface area contributed by atoms with E-state index in [2.05, 4.69) is 24.5 Å². The number of amides is 2. The highest BCUT2D eigenvalue weighted by atomic mass is 16.4. The van der Waals surface area contributed by atoms with Gasteiger partial charge in [0.1, 0.15) is 0 Å². The van der Waals surface area contributed by atoms with E-state index in [9.17, 15) is 9.59 Å². The third kappa shape index (κ3) is 4.26. The van der Waals surface area contributed by atoms with Gasteiger partial charge < -0.3 is 15.7 Å². The fourth-order valence-corrected chi connectivity index (χ4v) is 2.00. The lowest BCUT2D eigenvalue weighted by molar-refractivity contribution is 0.0697. The van der Waals surface area contributed by atoms with Crippen molar-refractivity contribution in [3.05, 3.63) is 29.3 Å². The summed E-state index contributed by atoms with van der Waals surface area (Å²) < 4.78 is 0. The number of aromatic carboxylic acids is 1. The molecule has 2 amide bonds. The number of anilines is 1. The van der Waals surface area contributed by atoms with E-state index in [0.717, 1.165) is 12.0 Å². The Bertz CT molecular complexity index is 498. The number of aryl methyl sites for hydroxylation is 1. The van der Waals surface area contributed by atoms with Crippen molar-refractivity contribution in [1.82, 2.24) is 5.32 Å². The van der Waals surface area contributed by atoms with Crippen LogP contribution in [0.15, 0.2) is 18.2 Å². The van der Waals surface area contributed by atoms with Crippen molar-refractivity contribution in [3.8, 4) is 0 Å². The van der Waals surface area contributed by atoms with Crippen molar-refractivity contribution >= 4 is 17.7 Å². The number of nitrogens with one attached hydrogen (secondary N) is 2. The highest BCUT2D eigenvalue weighted by molar-refractivity contribution is 5.92. The Hall–Kier alpha value is -2.04. The molecule has 1 rings (SSSR count). The largest absolute Gasteiger partial charge is 0.478 e. The van der Waals surface area contributed by atoms with Gasteiger partial charge in [0.2, 0.25) is 0 Å². The third-order valence-corrected chi connectivity index (χ3v) is 3.28. The molecule has 0 aliphatic heterocycles. The SMILES string of the molecule is CCC(NC(=O)Nc1ccc(C(=O)O)cc1C)C(C)C. The van der Waals surface area contributed by atoms with Crippen LogP contribution in [0.5, 0.6) is 0 Å². The molecule has 20 heavy (non-hydrogen) atoms. The molecule has 1 unspecified atom stereocenters.